The fraction of sp³-hybridized carbons (Fsp3) is 0.200. The molecule has 0 saturated carbocycles. The van der Waals surface area contributed by atoms with Gasteiger partial charge in [0.05, 0.1) is 12.1 Å². The summed E-state index contributed by atoms with van der Waals surface area (Å²) in [5, 5.41) is 6.69. The highest BCUT2D eigenvalue weighted by Crippen LogP contribution is 2.25. The van der Waals surface area contributed by atoms with Gasteiger partial charge in [0.15, 0.2) is 5.82 Å². The third-order valence-electron chi connectivity index (χ3n) is 5.88. The number of carbonyl (C=O) groups excluding carboxylic acids is 2. The summed E-state index contributed by atoms with van der Waals surface area (Å²) in [6.45, 7) is 2.44. The fourth-order valence-electron chi connectivity index (χ4n) is 4.15. The molecule has 5 rings (SSSR count). The largest absolute Gasteiger partial charge is 0.351 e. The molecular formula is C25H25N7O2. The molecule has 4 heterocycles. The quantitative estimate of drug-likeness (QED) is 0.427. The van der Waals surface area contributed by atoms with Gasteiger partial charge in [0, 0.05) is 55.8 Å². The maximum absolute atomic E-state index is 12.9. The summed E-state index contributed by atoms with van der Waals surface area (Å²) >= 11 is 0. The zero-order valence-electron chi connectivity index (χ0n) is 18.6. The second-order valence-electron chi connectivity index (χ2n) is 8.08. The summed E-state index contributed by atoms with van der Waals surface area (Å²) in [5.74, 6) is 0.784. The van der Waals surface area contributed by atoms with Crippen LogP contribution in [0.4, 0.5) is 22.0 Å². The van der Waals surface area contributed by atoms with Crippen LogP contribution in [-0.2, 0) is 11.2 Å². The van der Waals surface area contributed by atoms with Gasteiger partial charge >= 0.3 is 6.03 Å². The van der Waals surface area contributed by atoms with Crippen LogP contribution < -0.4 is 15.5 Å². The monoisotopic (exact) mass is 455 g/mol. The molecule has 1 aliphatic rings. The third-order valence-corrected chi connectivity index (χ3v) is 5.88. The van der Waals surface area contributed by atoms with Gasteiger partial charge in [-0.05, 0) is 42.0 Å². The topological polar surface area (TPSA) is 106 Å². The maximum atomic E-state index is 12.9. The molecule has 3 amide bonds. The Balaban J connectivity index is 1.20. The van der Waals surface area contributed by atoms with E-state index in [2.05, 4.69) is 30.5 Å². The summed E-state index contributed by atoms with van der Waals surface area (Å²) in [6.07, 6.45) is 5.63. The molecule has 0 bridgehead atoms. The lowest BCUT2D eigenvalue weighted by molar-refractivity contribution is -0.130. The Morgan fingerprint density at radius 1 is 0.882 bits per heavy atom. The summed E-state index contributed by atoms with van der Waals surface area (Å²) < 4.78 is 0. The van der Waals surface area contributed by atoms with Gasteiger partial charge in [0.1, 0.15) is 5.65 Å². The average Bonchev–Trinajstić information content (AvgIpc) is 3.28. The predicted molar refractivity (Wildman–Crippen MR) is 132 cm³/mol. The van der Waals surface area contributed by atoms with Crippen LogP contribution in [0, 0.1) is 0 Å². The van der Waals surface area contributed by atoms with Gasteiger partial charge in [-0.15, -0.1) is 0 Å². The van der Waals surface area contributed by atoms with Crippen molar-refractivity contribution in [3.8, 4) is 0 Å². The van der Waals surface area contributed by atoms with E-state index in [4.69, 9.17) is 0 Å². The van der Waals surface area contributed by atoms with E-state index >= 15 is 0 Å². The molecule has 0 unspecified atom stereocenters. The van der Waals surface area contributed by atoms with Crippen molar-refractivity contribution in [2.45, 2.75) is 6.42 Å². The number of aromatic amines is 1. The lowest BCUT2D eigenvalue weighted by Crippen LogP contribution is -2.49. The number of fused-ring (bicyclic) bond motifs is 1. The van der Waals surface area contributed by atoms with Crippen LogP contribution in [0.1, 0.15) is 5.56 Å². The second kappa shape index (κ2) is 9.62. The number of nitrogens with one attached hydrogen (secondary N) is 3. The SMILES string of the molecule is O=C(Nc1ccccc1)Nc1cccnc1N1CCN(C(=O)Cc2c[nH]c3ncccc23)CC1. The van der Waals surface area contributed by atoms with Crippen LogP contribution in [0.3, 0.4) is 0 Å². The number of piperazine rings is 1. The van der Waals surface area contributed by atoms with Crippen molar-refractivity contribution in [1.82, 2.24) is 19.9 Å². The highest BCUT2D eigenvalue weighted by molar-refractivity contribution is 6.01. The van der Waals surface area contributed by atoms with Gasteiger partial charge < -0.3 is 25.4 Å². The first-order valence-electron chi connectivity index (χ1n) is 11.2. The van der Waals surface area contributed by atoms with Crippen LogP contribution in [0.5, 0.6) is 0 Å². The van der Waals surface area contributed by atoms with Crippen molar-refractivity contribution in [2.24, 2.45) is 0 Å². The molecule has 1 aromatic carbocycles. The van der Waals surface area contributed by atoms with E-state index in [0.29, 0.717) is 49.8 Å². The highest BCUT2D eigenvalue weighted by atomic mass is 16.2. The number of anilines is 3. The van der Waals surface area contributed by atoms with Crippen molar-refractivity contribution >= 4 is 40.2 Å². The summed E-state index contributed by atoms with van der Waals surface area (Å²) in [4.78, 5) is 41.3. The van der Waals surface area contributed by atoms with Crippen LogP contribution in [-0.4, -0.2) is 58.0 Å². The lowest BCUT2D eigenvalue weighted by atomic mass is 10.1. The van der Waals surface area contributed by atoms with Gasteiger partial charge in [0.25, 0.3) is 0 Å². The predicted octanol–water partition coefficient (Wildman–Crippen LogP) is 3.49. The summed E-state index contributed by atoms with van der Waals surface area (Å²) in [6, 6.07) is 16.4. The fourth-order valence-corrected chi connectivity index (χ4v) is 4.15. The van der Waals surface area contributed by atoms with Gasteiger partial charge in [-0.3, -0.25) is 4.79 Å². The molecule has 0 spiro atoms. The summed E-state index contributed by atoms with van der Waals surface area (Å²) in [5.41, 5.74) is 3.09. The van der Waals surface area contributed by atoms with E-state index in [1.165, 1.54) is 0 Å². The number of para-hydroxylation sites is 1. The molecule has 0 atom stereocenters. The molecule has 1 saturated heterocycles. The smallest absolute Gasteiger partial charge is 0.323 e. The zero-order valence-corrected chi connectivity index (χ0v) is 18.6. The van der Waals surface area contributed by atoms with Crippen LogP contribution in [0.25, 0.3) is 11.0 Å². The average molecular weight is 456 g/mol. The minimum absolute atomic E-state index is 0.0889. The molecule has 9 nitrogen and oxygen atoms in total. The molecule has 1 aliphatic heterocycles. The number of pyridine rings is 2. The highest BCUT2D eigenvalue weighted by Gasteiger charge is 2.24. The van der Waals surface area contributed by atoms with Crippen molar-refractivity contribution < 1.29 is 9.59 Å². The number of H-pyrrole nitrogens is 1. The normalized spacial score (nSPS) is 13.6. The molecule has 0 aliphatic carbocycles. The Morgan fingerprint density at radius 3 is 2.47 bits per heavy atom. The number of aromatic nitrogens is 3. The minimum Gasteiger partial charge on any atom is -0.351 e. The first kappa shape index (κ1) is 21.4. The molecular weight excluding hydrogens is 430 g/mol. The van der Waals surface area contributed by atoms with E-state index in [9.17, 15) is 9.59 Å². The number of amides is 3. The standard InChI is InChI=1S/C25H25N7O2/c33-22(16-18-17-28-23-20(18)8-4-10-26-23)31-12-14-32(15-13-31)24-21(9-5-11-27-24)30-25(34)29-19-6-2-1-3-7-19/h1-11,17H,12-16H2,(H,26,28)(H2,29,30,34). The molecule has 0 radical (unpaired) electrons. The number of hydrogen-bond acceptors (Lipinski definition) is 5. The Hall–Kier alpha value is -4.40. The molecule has 3 N–H and O–H groups in total. The molecule has 4 aromatic rings. The van der Waals surface area contributed by atoms with Crippen molar-refractivity contribution in [3.63, 3.8) is 0 Å². The number of benzene rings is 1. The van der Waals surface area contributed by atoms with E-state index in [1.54, 1.807) is 18.5 Å². The lowest BCUT2D eigenvalue weighted by Gasteiger charge is -2.36. The first-order valence-corrected chi connectivity index (χ1v) is 11.2. The Morgan fingerprint density at radius 2 is 1.65 bits per heavy atom. The number of rotatable bonds is 5. The maximum Gasteiger partial charge on any atom is 0.323 e. The Kier molecular flexibility index (Phi) is 6.07. The van der Waals surface area contributed by atoms with Crippen molar-refractivity contribution in [3.05, 3.63) is 78.8 Å². The van der Waals surface area contributed by atoms with Gasteiger partial charge in [-0.25, -0.2) is 14.8 Å². The first-order chi connectivity index (χ1) is 16.7. The minimum atomic E-state index is -0.331. The van der Waals surface area contributed by atoms with Crippen LogP contribution >= 0.6 is 0 Å². The van der Waals surface area contributed by atoms with Crippen molar-refractivity contribution in [1.29, 1.82) is 0 Å². The Labute approximate surface area is 196 Å². The van der Waals surface area contributed by atoms with Gasteiger partial charge in [-0.1, -0.05) is 18.2 Å². The van der Waals surface area contributed by atoms with Gasteiger partial charge in [-0.2, -0.15) is 0 Å². The van der Waals surface area contributed by atoms with Crippen molar-refractivity contribution in [2.75, 3.05) is 41.7 Å². The van der Waals surface area contributed by atoms with Crippen LogP contribution in [0.2, 0.25) is 0 Å². The molecule has 9 heteroatoms. The van der Waals surface area contributed by atoms with E-state index in [1.807, 2.05) is 59.6 Å². The second-order valence-corrected chi connectivity index (χ2v) is 8.08. The van der Waals surface area contributed by atoms with Gasteiger partial charge in [0.2, 0.25) is 5.91 Å². The number of nitrogens with zero attached hydrogens (tertiary/aromatic N) is 4. The molecule has 34 heavy (non-hydrogen) atoms. The summed E-state index contributed by atoms with van der Waals surface area (Å²) in [7, 11) is 0. The number of hydrogen-bond donors (Lipinski definition) is 3. The third kappa shape index (κ3) is 4.68. The zero-order chi connectivity index (χ0) is 23.3. The van der Waals surface area contributed by atoms with E-state index in [-0.39, 0.29) is 11.9 Å². The molecule has 3 aromatic heterocycles. The number of urea groups is 1. The molecule has 1 fully saturated rings. The Bertz CT molecular complexity index is 1300. The van der Waals surface area contributed by atoms with Crippen LogP contribution in [0.15, 0.2) is 73.2 Å². The number of carbonyl (C=O) groups is 2. The van der Waals surface area contributed by atoms with E-state index in [0.717, 1.165) is 16.6 Å². The van der Waals surface area contributed by atoms with E-state index < -0.39 is 0 Å². The molecule has 172 valence electrons.